The number of hydrogen-bond donors (Lipinski definition) is 2. The average molecular weight is 268 g/mol. The van der Waals surface area contributed by atoms with E-state index in [1.807, 2.05) is 26.0 Å². The third-order valence-electron chi connectivity index (χ3n) is 2.90. The van der Waals surface area contributed by atoms with Crippen LogP contribution in [0.3, 0.4) is 0 Å². The summed E-state index contributed by atoms with van der Waals surface area (Å²) in [6, 6.07) is 3.98. The van der Waals surface area contributed by atoms with Gasteiger partial charge in [0.2, 0.25) is 0 Å². The number of aromatic nitrogens is 2. The van der Waals surface area contributed by atoms with Gasteiger partial charge in [-0.2, -0.15) is 13.5 Å². The number of hydrogen-bond acceptors (Lipinski definition) is 3. The third kappa shape index (κ3) is 2.19. The Bertz CT molecular complexity index is 703. The molecule has 2 aromatic rings. The molecule has 0 fully saturated rings. The molecule has 0 atom stereocenters. The third-order valence-corrected chi connectivity index (χ3v) is 3.38. The molecule has 0 aliphatic rings. The first-order valence-electron chi connectivity index (χ1n) is 5.59. The van der Waals surface area contributed by atoms with E-state index in [0.29, 0.717) is 0 Å². The van der Waals surface area contributed by atoms with Gasteiger partial charge in [-0.25, -0.2) is 5.14 Å². The molecule has 0 amide bonds. The predicted octanol–water partition coefficient (Wildman–Crippen LogP) is 1.06. The quantitative estimate of drug-likeness (QED) is 0.872. The van der Waals surface area contributed by atoms with Gasteiger partial charge in [0.15, 0.2) is 5.82 Å². The van der Waals surface area contributed by atoms with Crippen LogP contribution in [0.15, 0.2) is 12.1 Å². The summed E-state index contributed by atoms with van der Waals surface area (Å²) in [6.45, 7) is 3.96. The summed E-state index contributed by atoms with van der Waals surface area (Å²) in [4.78, 5) is 0. The molecule has 0 unspecified atom stereocenters. The second-order valence-corrected chi connectivity index (χ2v) is 5.53. The van der Waals surface area contributed by atoms with E-state index in [9.17, 15) is 8.42 Å². The number of anilines is 1. The molecule has 1 heterocycles. The van der Waals surface area contributed by atoms with Gasteiger partial charge in [-0.1, -0.05) is 19.1 Å². The Balaban J connectivity index is 2.78. The van der Waals surface area contributed by atoms with Crippen LogP contribution in [0.5, 0.6) is 0 Å². The lowest BCUT2D eigenvalue weighted by atomic mass is 10.0. The van der Waals surface area contributed by atoms with Crippen molar-refractivity contribution >= 4 is 26.9 Å². The molecule has 0 saturated carbocycles. The van der Waals surface area contributed by atoms with Gasteiger partial charge < -0.3 is 0 Å². The fourth-order valence-electron chi connectivity index (χ4n) is 2.15. The summed E-state index contributed by atoms with van der Waals surface area (Å²) in [7, 11) is -2.03. The van der Waals surface area contributed by atoms with Gasteiger partial charge in [-0.3, -0.25) is 9.40 Å². The molecule has 0 aliphatic heterocycles. The second-order valence-electron chi connectivity index (χ2n) is 4.24. The molecular weight excluding hydrogens is 252 g/mol. The Kier molecular flexibility index (Phi) is 3.04. The zero-order chi connectivity index (χ0) is 13.5. The fourth-order valence-corrected chi connectivity index (χ4v) is 2.56. The standard InChI is InChI=1S/C11H16N4O2S/c1-4-8-6-5-7(2)9-10(8)15(3)13-11(9)14-18(12,16)17/h5-6H,4H2,1-3H3,(H,13,14)(H2,12,16,17). The van der Waals surface area contributed by atoms with E-state index in [2.05, 4.69) is 9.82 Å². The van der Waals surface area contributed by atoms with Crippen molar-refractivity contribution in [3.05, 3.63) is 23.3 Å². The monoisotopic (exact) mass is 268 g/mol. The van der Waals surface area contributed by atoms with Crippen LogP contribution < -0.4 is 9.86 Å². The Morgan fingerprint density at radius 1 is 1.44 bits per heavy atom. The van der Waals surface area contributed by atoms with E-state index < -0.39 is 10.2 Å². The lowest BCUT2D eigenvalue weighted by Gasteiger charge is -2.05. The summed E-state index contributed by atoms with van der Waals surface area (Å²) in [5, 5.41) is 9.99. The summed E-state index contributed by atoms with van der Waals surface area (Å²) in [5.41, 5.74) is 3.01. The van der Waals surface area contributed by atoms with Gasteiger partial charge in [0.1, 0.15) is 0 Å². The molecule has 1 aromatic heterocycles. The molecule has 7 heteroatoms. The van der Waals surface area contributed by atoms with Crippen molar-refractivity contribution in [3.63, 3.8) is 0 Å². The van der Waals surface area contributed by atoms with Crippen LogP contribution in [0.4, 0.5) is 5.82 Å². The van der Waals surface area contributed by atoms with Gasteiger partial charge in [-0.15, -0.1) is 0 Å². The van der Waals surface area contributed by atoms with E-state index in [0.717, 1.165) is 28.5 Å². The van der Waals surface area contributed by atoms with Crippen LogP contribution in [0.1, 0.15) is 18.1 Å². The van der Waals surface area contributed by atoms with Crippen molar-refractivity contribution in [2.45, 2.75) is 20.3 Å². The van der Waals surface area contributed by atoms with E-state index >= 15 is 0 Å². The molecule has 0 spiro atoms. The number of nitrogens with two attached hydrogens (primary N) is 1. The van der Waals surface area contributed by atoms with Crippen LogP contribution in [-0.4, -0.2) is 18.2 Å². The molecule has 2 rings (SSSR count). The number of rotatable bonds is 3. The van der Waals surface area contributed by atoms with E-state index in [1.54, 1.807) is 11.7 Å². The van der Waals surface area contributed by atoms with E-state index in [4.69, 9.17) is 5.14 Å². The van der Waals surface area contributed by atoms with Crippen molar-refractivity contribution in [2.75, 3.05) is 4.72 Å². The van der Waals surface area contributed by atoms with Crippen molar-refractivity contribution < 1.29 is 8.42 Å². The number of benzene rings is 1. The first-order valence-corrected chi connectivity index (χ1v) is 7.14. The molecule has 0 aliphatic carbocycles. The summed E-state index contributed by atoms with van der Waals surface area (Å²) >= 11 is 0. The van der Waals surface area contributed by atoms with Gasteiger partial charge >= 0.3 is 0 Å². The Morgan fingerprint density at radius 2 is 2.11 bits per heavy atom. The van der Waals surface area contributed by atoms with Gasteiger partial charge in [0.25, 0.3) is 10.2 Å². The molecule has 1 aromatic carbocycles. The minimum Gasteiger partial charge on any atom is -0.265 e. The predicted molar refractivity (Wildman–Crippen MR) is 71.6 cm³/mol. The summed E-state index contributed by atoms with van der Waals surface area (Å²) in [5.74, 6) is 0.280. The smallest absolute Gasteiger partial charge is 0.265 e. The zero-order valence-corrected chi connectivity index (χ0v) is 11.4. The highest BCUT2D eigenvalue weighted by Gasteiger charge is 2.16. The molecule has 0 bridgehead atoms. The lowest BCUT2D eigenvalue weighted by molar-refractivity contribution is 0.602. The van der Waals surface area contributed by atoms with Crippen LogP contribution >= 0.6 is 0 Å². The maximum Gasteiger partial charge on any atom is 0.297 e. The number of fused-ring (bicyclic) bond motifs is 1. The fraction of sp³-hybridized carbons (Fsp3) is 0.364. The maximum absolute atomic E-state index is 11.1. The normalized spacial score (nSPS) is 12.0. The highest BCUT2D eigenvalue weighted by molar-refractivity contribution is 7.90. The van der Waals surface area contributed by atoms with Gasteiger partial charge in [-0.05, 0) is 24.5 Å². The molecule has 0 radical (unpaired) electrons. The summed E-state index contributed by atoms with van der Waals surface area (Å²) in [6.07, 6.45) is 0.852. The zero-order valence-electron chi connectivity index (χ0n) is 10.6. The van der Waals surface area contributed by atoms with Gasteiger partial charge in [0.05, 0.1) is 5.52 Å². The largest absolute Gasteiger partial charge is 0.297 e. The van der Waals surface area contributed by atoms with Crippen molar-refractivity contribution in [2.24, 2.45) is 12.2 Å². The molecule has 18 heavy (non-hydrogen) atoms. The second kappa shape index (κ2) is 4.25. The highest BCUT2D eigenvalue weighted by atomic mass is 32.2. The molecule has 98 valence electrons. The average Bonchev–Trinajstić information content (AvgIpc) is 2.55. The van der Waals surface area contributed by atoms with Crippen LogP contribution in [0.25, 0.3) is 10.9 Å². The minimum absolute atomic E-state index is 0.280. The highest BCUT2D eigenvalue weighted by Crippen LogP contribution is 2.29. The lowest BCUT2D eigenvalue weighted by Crippen LogP contribution is -2.22. The Hall–Kier alpha value is -1.60. The Labute approximate surface area is 106 Å². The van der Waals surface area contributed by atoms with Crippen molar-refractivity contribution in [1.29, 1.82) is 0 Å². The maximum atomic E-state index is 11.1. The summed E-state index contributed by atoms with van der Waals surface area (Å²) < 4.78 is 26.2. The van der Waals surface area contributed by atoms with Crippen molar-refractivity contribution in [3.8, 4) is 0 Å². The molecule has 6 nitrogen and oxygen atoms in total. The van der Waals surface area contributed by atoms with Crippen LogP contribution in [0, 0.1) is 6.92 Å². The first kappa shape index (κ1) is 12.8. The van der Waals surface area contributed by atoms with E-state index in [-0.39, 0.29) is 5.82 Å². The van der Waals surface area contributed by atoms with Gasteiger partial charge in [0, 0.05) is 12.4 Å². The molecule has 3 N–H and O–H groups in total. The number of nitrogens with zero attached hydrogens (tertiary/aromatic N) is 2. The molecular formula is C11H16N4O2S. The minimum atomic E-state index is -3.82. The van der Waals surface area contributed by atoms with Crippen LogP contribution in [0.2, 0.25) is 0 Å². The SMILES string of the molecule is CCc1ccc(C)c2c(NS(N)(=O)=O)nn(C)c12. The first-order chi connectivity index (χ1) is 8.33. The topological polar surface area (TPSA) is 90.0 Å². The molecule has 0 saturated heterocycles. The number of aryl methyl sites for hydroxylation is 3. The van der Waals surface area contributed by atoms with E-state index in [1.165, 1.54) is 0 Å². The number of nitrogens with one attached hydrogen (secondary N) is 1. The van der Waals surface area contributed by atoms with Crippen molar-refractivity contribution in [1.82, 2.24) is 9.78 Å². The Morgan fingerprint density at radius 3 is 2.67 bits per heavy atom. The van der Waals surface area contributed by atoms with Crippen LogP contribution in [-0.2, 0) is 23.7 Å².